The fourth-order valence-corrected chi connectivity index (χ4v) is 3.33. The topological polar surface area (TPSA) is 61.4 Å². The zero-order valence-electron chi connectivity index (χ0n) is 13.1. The maximum atomic E-state index is 13.0. The largest absolute Gasteiger partial charge is 0.335 e. The fraction of sp³-hybridized carbons (Fsp3) is 0.529. The van der Waals surface area contributed by atoms with Crippen LogP contribution in [-0.2, 0) is 4.79 Å². The Balaban J connectivity index is 1.52. The Kier molecular flexibility index (Phi) is 4.79. The van der Waals surface area contributed by atoms with Crippen LogP contribution in [0.1, 0.15) is 38.5 Å². The minimum Gasteiger partial charge on any atom is -0.335 e. The van der Waals surface area contributed by atoms with E-state index in [1.807, 2.05) is 0 Å². The van der Waals surface area contributed by atoms with Crippen molar-refractivity contribution >= 4 is 17.6 Å². The summed E-state index contributed by atoms with van der Waals surface area (Å²) in [5, 5.41) is 5.87. The molecule has 5 nitrogen and oxygen atoms in total. The molecule has 2 N–H and O–H groups in total. The normalized spacial score (nSPS) is 22.2. The van der Waals surface area contributed by atoms with Crippen LogP contribution in [0.15, 0.2) is 24.3 Å². The van der Waals surface area contributed by atoms with Crippen LogP contribution in [0.2, 0.25) is 0 Å². The van der Waals surface area contributed by atoms with Gasteiger partial charge in [0.1, 0.15) is 5.82 Å². The summed E-state index contributed by atoms with van der Waals surface area (Å²) in [5.74, 6) is -0.387. The Hall–Kier alpha value is -2.11. The van der Waals surface area contributed by atoms with Gasteiger partial charge < -0.3 is 15.5 Å². The molecule has 124 valence electrons. The average Bonchev–Trinajstić information content (AvgIpc) is 2.89. The molecular formula is C17H22FN3O2. The molecule has 1 aromatic carbocycles. The van der Waals surface area contributed by atoms with Crippen molar-refractivity contribution in [3.05, 3.63) is 30.1 Å². The van der Waals surface area contributed by atoms with Crippen LogP contribution in [0, 0.1) is 5.82 Å². The van der Waals surface area contributed by atoms with Crippen molar-refractivity contribution in [2.75, 3.05) is 11.4 Å². The van der Waals surface area contributed by atoms with Crippen LogP contribution >= 0.6 is 0 Å². The van der Waals surface area contributed by atoms with Crippen molar-refractivity contribution in [1.82, 2.24) is 10.6 Å². The third-order valence-electron chi connectivity index (χ3n) is 4.54. The van der Waals surface area contributed by atoms with Gasteiger partial charge in [-0.3, -0.25) is 4.79 Å². The summed E-state index contributed by atoms with van der Waals surface area (Å²) >= 11 is 0. The molecule has 1 aliphatic heterocycles. The zero-order chi connectivity index (χ0) is 16.2. The third-order valence-corrected chi connectivity index (χ3v) is 4.54. The Morgan fingerprint density at radius 2 is 1.70 bits per heavy atom. The number of urea groups is 1. The van der Waals surface area contributed by atoms with E-state index in [0.717, 1.165) is 25.7 Å². The third kappa shape index (κ3) is 4.00. The molecule has 0 radical (unpaired) electrons. The number of carbonyl (C=O) groups excluding carboxylic acids is 2. The van der Waals surface area contributed by atoms with Gasteiger partial charge in [0.25, 0.3) is 0 Å². The van der Waals surface area contributed by atoms with Crippen LogP contribution in [0.4, 0.5) is 14.9 Å². The van der Waals surface area contributed by atoms with Crippen LogP contribution in [0.3, 0.4) is 0 Å². The van der Waals surface area contributed by atoms with E-state index in [2.05, 4.69) is 10.6 Å². The number of nitrogens with one attached hydrogen (secondary N) is 2. The molecule has 2 fully saturated rings. The van der Waals surface area contributed by atoms with Gasteiger partial charge in [-0.15, -0.1) is 0 Å². The summed E-state index contributed by atoms with van der Waals surface area (Å²) in [6.07, 6.45) is 5.88. The number of anilines is 1. The molecule has 0 unspecified atom stereocenters. The van der Waals surface area contributed by atoms with Gasteiger partial charge in [0, 0.05) is 24.7 Å². The number of hydrogen-bond donors (Lipinski definition) is 2. The molecule has 1 saturated heterocycles. The first kappa shape index (κ1) is 15.8. The molecule has 6 heteroatoms. The van der Waals surface area contributed by atoms with E-state index in [4.69, 9.17) is 0 Å². The molecule has 2 aliphatic rings. The first-order chi connectivity index (χ1) is 11.1. The summed E-state index contributed by atoms with van der Waals surface area (Å²) in [6, 6.07) is 5.66. The van der Waals surface area contributed by atoms with E-state index in [-0.39, 0.29) is 36.3 Å². The smallest absolute Gasteiger partial charge is 0.315 e. The summed E-state index contributed by atoms with van der Waals surface area (Å²) in [5.41, 5.74) is 0.661. The number of carbonyl (C=O) groups is 2. The second-order valence-electron chi connectivity index (χ2n) is 6.33. The Labute approximate surface area is 135 Å². The number of benzene rings is 1. The van der Waals surface area contributed by atoms with Gasteiger partial charge >= 0.3 is 6.03 Å². The first-order valence-corrected chi connectivity index (χ1v) is 8.25. The molecular weight excluding hydrogens is 297 g/mol. The predicted molar refractivity (Wildman–Crippen MR) is 85.7 cm³/mol. The summed E-state index contributed by atoms with van der Waals surface area (Å²) in [6.45, 7) is 0.419. The second-order valence-corrected chi connectivity index (χ2v) is 6.33. The predicted octanol–water partition coefficient (Wildman–Crippen LogP) is 2.56. The maximum Gasteiger partial charge on any atom is 0.315 e. The minimum absolute atomic E-state index is 0.0559. The number of halogens is 1. The lowest BCUT2D eigenvalue weighted by Crippen LogP contribution is -2.47. The monoisotopic (exact) mass is 319 g/mol. The molecule has 1 atom stereocenters. The molecule has 1 aromatic rings. The van der Waals surface area contributed by atoms with E-state index in [9.17, 15) is 14.0 Å². The van der Waals surface area contributed by atoms with Crippen molar-refractivity contribution in [3.8, 4) is 0 Å². The van der Waals surface area contributed by atoms with Crippen molar-refractivity contribution in [2.24, 2.45) is 0 Å². The SMILES string of the molecule is O=C(NC1CCCCC1)N[C@H]1CC(=O)N(c2ccc(F)cc2)C1. The summed E-state index contributed by atoms with van der Waals surface area (Å²) in [4.78, 5) is 25.8. The molecule has 0 bridgehead atoms. The van der Waals surface area contributed by atoms with Crippen LogP contribution in [0.25, 0.3) is 0 Å². The highest BCUT2D eigenvalue weighted by atomic mass is 19.1. The van der Waals surface area contributed by atoms with Gasteiger partial charge in [-0.1, -0.05) is 19.3 Å². The second kappa shape index (κ2) is 6.98. The first-order valence-electron chi connectivity index (χ1n) is 8.25. The summed E-state index contributed by atoms with van der Waals surface area (Å²) in [7, 11) is 0. The Bertz CT molecular complexity index is 570. The highest BCUT2D eigenvalue weighted by molar-refractivity contribution is 5.96. The highest BCUT2D eigenvalue weighted by Gasteiger charge is 2.32. The van der Waals surface area contributed by atoms with Crippen LogP contribution in [0.5, 0.6) is 0 Å². The molecule has 3 amide bonds. The maximum absolute atomic E-state index is 13.0. The molecule has 23 heavy (non-hydrogen) atoms. The molecule has 0 spiro atoms. The van der Waals surface area contributed by atoms with Crippen molar-refractivity contribution in [1.29, 1.82) is 0 Å². The number of hydrogen-bond acceptors (Lipinski definition) is 2. The van der Waals surface area contributed by atoms with E-state index in [1.165, 1.54) is 18.6 Å². The minimum atomic E-state index is -0.332. The number of amides is 3. The molecule has 1 saturated carbocycles. The van der Waals surface area contributed by atoms with Crippen molar-refractivity contribution < 1.29 is 14.0 Å². The van der Waals surface area contributed by atoms with Gasteiger partial charge in [-0.2, -0.15) is 0 Å². The van der Waals surface area contributed by atoms with Crippen molar-refractivity contribution in [2.45, 2.75) is 50.6 Å². The van der Waals surface area contributed by atoms with E-state index >= 15 is 0 Å². The Morgan fingerprint density at radius 1 is 1.04 bits per heavy atom. The quantitative estimate of drug-likeness (QED) is 0.899. The molecule has 1 heterocycles. The van der Waals surface area contributed by atoms with E-state index in [1.54, 1.807) is 17.0 Å². The fourth-order valence-electron chi connectivity index (χ4n) is 3.33. The van der Waals surface area contributed by atoms with Gasteiger partial charge in [-0.05, 0) is 37.1 Å². The molecule has 1 aliphatic carbocycles. The highest BCUT2D eigenvalue weighted by Crippen LogP contribution is 2.22. The number of nitrogens with zero attached hydrogens (tertiary/aromatic N) is 1. The lowest BCUT2D eigenvalue weighted by atomic mass is 9.96. The van der Waals surface area contributed by atoms with E-state index in [0.29, 0.717) is 12.2 Å². The lowest BCUT2D eigenvalue weighted by molar-refractivity contribution is -0.117. The van der Waals surface area contributed by atoms with Crippen LogP contribution in [-0.4, -0.2) is 30.6 Å². The standard InChI is InChI=1S/C17H22FN3O2/c18-12-6-8-15(9-7-12)21-11-14(10-16(21)22)20-17(23)19-13-4-2-1-3-5-13/h6-9,13-14H,1-5,10-11H2,(H2,19,20,23)/t14-/m0/s1. The summed E-state index contributed by atoms with van der Waals surface area (Å²) < 4.78 is 13.0. The van der Waals surface area contributed by atoms with Gasteiger partial charge in [0.05, 0.1) is 6.04 Å². The van der Waals surface area contributed by atoms with Gasteiger partial charge in [0.2, 0.25) is 5.91 Å². The average molecular weight is 319 g/mol. The lowest BCUT2D eigenvalue weighted by Gasteiger charge is -2.24. The van der Waals surface area contributed by atoms with Crippen molar-refractivity contribution in [3.63, 3.8) is 0 Å². The Morgan fingerprint density at radius 3 is 2.39 bits per heavy atom. The van der Waals surface area contributed by atoms with E-state index < -0.39 is 0 Å². The van der Waals surface area contributed by atoms with Gasteiger partial charge in [0.15, 0.2) is 0 Å². The number of rotatable bonds is 3. The molecule has 3 rings (SSSR count). The van der Waals surface area contributed by atoms with Crippen LogP contribution < -0.4 is 15.5 Å². The molecule has 0 aromatic heterocycles. The zero-order valence-corrected chi connectivity index (χ0v) is 13.1. The van der Waals surface area contributed by atoms with Gasteiger partial charge in [-0.25, -0.2) is 9.18 Å².